The van der Waals surface area contributed by atoms with Gasteiger partial charge in [-0.1, -0.05) is 26.8 Å². The van der Waals surface area contributed by atoms with Gasteiger partial charge in [-0.05, 0) is 31.0 Å². The highest BCUT2D eigenvalue weighted by Gasteiger charge is 2.26. The summed E-state index contributed by atoms with van der Waals surface area (Å²) in [5.74, 6) is 0.208. The predicted octanol–water partition coefficient (Wildman–Crippen LogP) is 4.92. The van der Waals surface area contributed by atoms with Gasteiger partial charge in [-0.25, -0.2) is 27.9 Å². The molecule has 7 nitrogen and oxygen atoms in total. The van der Waals surface area contributed by atoms with Crippen LogP contribution < -0.4 is 10.6 Å². The van der Waals surface area contributed by atoms with Crippen LogP contribution in [0.5, 0.6) is 0 Å². The van der Waals surface area contributed by atoms with Gasteiger partial charge < -0.3 is 10.6 Å². The number of anilines is 2. The molecule has 0 saturated carbocycles. The maximum absolute atomic E-state index is 15.3. The molecule has 1 aliphatic heterocycles. The van der Waals surface area contributed by atoms with Gasteiger partial charge in [0.1, 0.15) is 0 Å². The maximum atomic E-state index is 15.3. The van der Waals surface area contributed by atoms with Crippen LogP contribution in [0.25, 0.3) is 21.8 Å². The largest absolute Gasteiger partial charge is 0.386 e. The van der Waals surface area contributed by atoms with Crippen molar-refractivity contribution < 1.29 is 8.60 Å². The fourth-order valence-electron chi connectivity index (χ4n) is 3.90. The molecule has 182 valence electrons. The van der Waals surface area contributed by atoms with E-state index in [0.29, 0.717) is 28.6 Å². The van der Waals surface area contributed by atoms with Crippen LogP contribution in [0.15, 0.2) is 30.5 Å². The van der Waals surface area contributed by atoms with E-state index in [-0.39, 0.29) is 17.3 Å². The number of rotatable bonds is 6. The van der Waals surface area contributed by atoms with E-state index in [4.69, 9.17) is 9.97 Å². The zero-order valence-corrected chi connectivity index (χ0v) is 21.8. The first-order valence-corrected chi connectivity index (χ1v) is 13.7. The highest BCUT2D eigenvalue weighted by Crippen LogP contribution is 2.41. The number of hydrogen-bond acceptors (Lipinski definition) is 7. The molecular formula is C24H31FN6OS2. The molecule has 1 unspecified atom stereocenters. The summed E-state index contributed by atoms with van der Waals surface area (Å²) < 4.78 is 28.9. The Labute approximate surface area is 206 Å². The monoisotopic (exact) mass is 502 g/mol. The fourth-order valence-corrected chi connectivity index (χ4v) is 5.73. The third-order valence-corrected chi connectivity index (χ3v) is 8.43. The van der Waals surface area contributed by atoms with Crippen LogP contribution in [0.1, 0.15) is 38.6 Å². The Morgan fingerprint density at radius 1 is 1.18 bits per heavy atom. The zero-order valence-electron chi connectivity index (χ0n) is 20.2. The number of aromatic nitrogens is 3. The second-order valence-corrected chi connectivity index (χ2v) is 11.8. The quantitative estimate of drug-likeness (QED) is 0.498. The summed E-state index contributed by atoms with van der Waals surface area (Å²) in [6.45, 7) is 7.85. The summed E-state index contributed by atoms with van der Waals surface area (Å²) in [7, 11) is 0.765. The minimum atomic E-state index is -0.939. The van der Waals surface area contributed by atoms with Gasteiger partial charge in [-0.2, -0.15) is 0 Å². The molecule has 0 radical (unpaired) electrons. The van der Waals surface area contributed by atoms with E-state index in [1.54, 1.807) is 31.6 Å². The molecule has 10 heteroatoms. The first-order chi connectivity index (χ1) is 16.2. The second kappa shape index (κ2) is 10.1. The van der Waals surface area contributed by atoms with Gasteiger partial charge in [-0.15, -0.1) is 11.3 Å². The highest BCUT2D eigenvalue weighted by atomic mass is 32.2. The summed E-state index contributed by atoms with van der Waals surface area (Å²) in [5.41, 5.74) is 1.99. The number of benzene rings is 1. The maximum Gasteiger partial charge on any atom is 0.223 e. The van der Waals surface area contributed by atoms with Crippen molar-refractivity contribution in [2.75, 3.05) is 37.0 Å². The molecule has 0 amide bonds. The van der Waals surface area contributed by atoms with Crippen LogP contribution in [-0.4, -0.2) is 55.9 Å². The van der Waals surface area contributed by atoms with E-state index in [2.05, 4.69) is 36.4 Å². The average Bonchev–Trinajstić information content (AvgIpc) is 3.26. The van der Waals surface area contributed by atoms with Crippen LogP contribution in [0.3, 0.4) is 0 Å². The summed E-state index contributed by atoms with van der Waals surface area (Å²) in [4.78, 5) is 14.9. The number of piperidine rings is 1. The number of nitrogens with zero attached hydrogens (tertiary/aromatic N) is 4. The molecule has 3 heterocycles. The molecule has 2 N–H and O–H groups in total. The van der Waals surface area contributed by atoms with Crippen LogP contribution in [0, 0.1) is 5.82 Å². The van der Waals surface area contributed by atoms with Crippen molar-refractivity contribution in [2.24, 2.45) is 0 Å². The third-order valence-electron chi connectivity index (χ3n) is 5.83. The molecular weight excluding hydrogens is 471 g/mol. The molecule has 1 atom stereocenters. The van der Waals surface area contributed by atoms with Crippen molar-refractivity contribution in [3.8, 4) is 21.8 Å². The highest BCUT2D eigenvalue weighted by molar-refractivity contribution is 7.81. The molecule has 34 heavy (non-hydrogen) atoms. The van der Waals surface area contributed by atoms with Crippen molar-refractivity contribution in [2.45, 2.75) is 45.1 Å². The lowest BCUT2D eigenvalue weighted by atomic mass is 9.98. The van der Waals surface area contributed by atoms with Crippen LogP contribution in [-0.2, 0) is 16.4 Å². The smallest absolute Gasteiger partial charge is 0.223 e. The average molecular weight is 503 g/mol. The van der Waals surface area contributed by atoms with Gasteiger partial charge in [-0.3, -0.25) is 0 Å². The van der Waals surface area contributed by atoms with Crippen molar-refractivity contribution >= 4 is 34.0 Å². The second-order valence-electron chi connectivity index (χ2n) is 9.40. The standard InChI is InChI=1S/C24H31FN6OS2/c1-24(2,3)22-30-20(16-7-6-8-17(26-4)19(16)25)21(33-22)18-9-12-27-23(29-18)28-15-10-13-31(14-11-15)34(5)32/h6-9,12,15,26H,10-11,13-14H2,1-5H3,(H,27,28,29). The molecule has 1 saturated heterocycles. The number of nitrogens with one attached hydrogen (secondary N) is 2. The normalized spacial score (nSPS) is 16.4. The fraction of sp³-hybridized carbons (Fsp3) is 0.458. The first-order valence-electron chi connectivity index (χ1n) is 11.3. The first kappa shape index (κ1) is 24.7. The molecule has 3 aromatic rings. The Balaban J connectivity index is 1.68. The summed E-state index contributed by atoms with van der Waals surface area (Å²) in [5, 5.41) is 7.25. The molecule has 0 bridgehead atoms. The van der Waals surface area contributed by atoms with Crippen LogP contribution in [0.4, 0.5) is 16.0 Å². The van der Waals surface area contributed by atoms with Gasteiger partial charge >= 0.3 is 0 Å². The molecule has 4 rings (SSSR count). The van der Waals surface area contributed by atoms with Gasteiger partial charge in [0.15, 0.2) is 5.82 Å². The van der Waals surface area contributed by atoms with E-state index < -0.39 is 11.0 Å². The van der Waals surface area contributed by atoms with E-state index in [1.807, 2.05) is 16.4 Å². The third kappa shape index (κ3) is 5.29. The summed E-state index contributed by atoms with van der Waals surface area (Å²) in [6.07, 6.45) is 5.18. The lowest BCUT2D eigenvalue weighted by molar-refractivity contribution is 0.346. The Morgan fingerprint density at radius 2 is 1.91 bits per heavy atom. The van der Waals surface area contributed by atoms with Crippen LogP contribution in [0.2, 0.25) is 0 Å². The van der Waals surface area contributed by atoms with Crippen molar-refractivity contribution in [3.63, 3.8) is 0 Å². The van der Waals surface area contributed by atoms with E-state index in [9.17, 15) is 4.21 Å². The van der Waals surface area contributed by atoms with E-state index in [0.717, 1.165) is 35.8 Å². The van der Waals surface area contributed by atoms with Crippen molar-refractivity contribution in [1.29, 1.82) is 0 Å². The van der Waals surface area contributed by atoms with E-state index in [1.165, 1.54) is 11.3 Å². The molecule has 0 aliphatic carbocycles. The van der Waals surface area contributed by atoms with Crippen LogP contribution >= 0.6 is 11.3 Å². The van der Waals surface area contributed by atoms with Gasteiger partial charge in [0.25, 0.3) is 0 Å². The lowest BCUT2D eigenvalue weighted by Gasteiger charge is -2.30. The Morgan fingerprint density at radius 3 is 2.56 bits per heavy atom. The lowest BCUT2D eigenvalue weighted by Crippen LogP contribution is -2.39. The SMILES string of the molecule is CNc1cccc(-c2nc(C(C)(C)C)sc2-c2ccnc(NC3CCN(S(C)=O)CC3)n2)c1F. The predicted molar refractivity (Wildman–Crippen MR) is 139 cm³/mol. The zero-order chi connectivity index (χ0) is 24.5. The van der Waals surface area contributed by atoms with Crippen molar-refractivity contribution in [3.05, 3.63) is 41.3 Å². The van der Waals surface area contributed by atoms with E-state index >= 15 is 4.39 Å². The van der Waals surface area contributed by atoms with Gasteiger partial charge in [0.2, 0.25) is 5.95 Å². The Bertz CT molecular complexity index is 1180. The summed E-state index contributed by atoms with van der Waals surface area (Å²) in [6, 6.07) is 7.35. The minimum Gasteiger partial charge on any atom is -0.386 e. The molecule has 1 aliphatic rings. The number of hydrogen-bond donors (Lipinski definition) is 2. The van der Waals surface area contributed by atoms with Crippen molar-refractivity contribution in [1.82, 2.24) is 19.3 Å². The topological polar surface area (TPSA) is 83.0 Å². The van der Waals surface area contributed by atoms with Gasteiger partial charge in [0.05, 0.1) is 37.9 Å². The molecule has 2 aromatic heterocycles. The number of halogens is 1. The molecule has 1 fully saturated rings. The number of thiazole rings is 1. The Hall–Kier alpha value is -2.43. The minimum absolute atomic E-state index is 0.184. The summed E-state index contributed by atoms with van der Waals surface area (Å²) >= 11 is 1.54. The Kier molecular flexibility index (Phi) is 7.30. The molecule has 0 spiro atoms. The van der Waals surface area contributed by atoms with Gasteiger partial charge in [0, 0.05) is 49.6 Å². The molecule has 1 aromatic carbocycles.